The number of aromatic nitrogens is 2. The molecule has 2 fully saturated rings. The maximum atomic E-state index is 13.2. The van der Waals surface area contributed by atoms with Crippen LogP contribution in [0.1, 0.15) is 34.8 Å². The van der Waals surface area contributed by atoms with Crippen molar-refractivity contribution in [3.05, 3.63) is 47.8 Å². The van der Waals surface area contributed by atoms with Crippen LogP contribution >= 0.6 is 0 Å². The maximum Gasteiger partial charge on any atom is 0.253 e. The molecule has 2 heterocycles. The Morgan fingerprint density at radius 1 is 1.30 bits per heavy atom. The molecule has 2 aliphatic rings. The fourth-order valence-corrected chi connectivity index (χ4v) is 3.94. The van der Waals surface area contributed by atoms with Crippen molar-refractivity contribution in [3.8, 4) is 0 Å². The number of para-hydroxylation sites is 1. The fourth-order valence-electron chi connectivity index (χ4n) is 3.94. The number of nitrogens with one attached hydrogen (secondary N) is 1. The third kappa shape index (κ3) is 3.84. The van der Waals surface area contributed by atoms with Crippen molar-refractivity contribution in [2.24, 2.45) is 13.0 Å². The molecule has 1 aromatic heterocycles. The third-order valence-electron chi connectivity index (χ3n) is 5.49. The van der Waals surface area contributed by atoms with E-state index in [2.05, 4.69) is 15.3 Å². The van der Waals surface area contributed by atoms with Gasteiger partial charge >= 0.3 is 0 Å². The number of carbonyl (C=O) groups excluding carboxylic acids is 1. The number of amides is 1. The molecule has 1 saturated heterocycles. The summed E-state index contributed by atoms with van der Waals surface area (Å²) >= 11 is 0. The van der Waals surface area contributed by atoms with E-state index in [-0.39, 0.29) is 24.0 Å². The zero-order chi connectivity index (χ0) is 18.8. The van der Waals surface area contributed by atoms with E-state index < -0.39 is 0 Å². The first-order valence-corrected chi connectivity index (χ1v) is 9.51. The number of benzene rings is 1. The van der Waals surface area contributed by atoms with Crippen LogP contribution in [0, 0.1) is 5.92 Å². The highest BCUT2D eigenvalue weighted by Crippen LogP contribution is 2.38. The zero-order valence-corrected chi connectivity index (χ0v) is 15.5. The first-order valence-electron chi connectivity index (χ1n) is 9.51. The zero-order valence-electron chi connectivity index (χ0n) is 15.5. The van der Waals surface area contributed by atoms with Crippen molar-refractivity contribution in [2.75, 3.05) is 31.2 Å². The van der Waals surface area contributed by atoms with Gasteiger partial charge in [-0.2, -0.15) is 5.10 Å². The van der Waals surface area contributed by atoms with Crippen molar-refractivity contribution < 1.29 is 14.6 Å². The lowest BCUT2D eigenvalue weighted by atomic mass is 9.75. The summed E-state index contributed by atoms with van der Waals surface area (Å²) in [4.78, 5) is 15.4. The summed E-state index contributed by atoms with van der Waals surface area (Å²) in [5, 5.41) is 17.2. The second-order valence-electron chi connectivity index (χ2n) is 7.40. The van der Waals surface area contributed by atoms with Gasteiger partial charge < -0.3 is 20.1 Å². The van der Waals surface area contributed by atoms with Gasteiger partial charge in [-0.25, -0.2) is 0 Å². The number of anilines is 1. The van der Waals surface area contributed by atoms with Crippen molar-refractivity contribution >= 4 is 11.6 Å². The van der Waals surface area contributed by atoms with Crippen LogP contribution in [0.15, 0.2) is 36.7 Å². The Morgan fingerprint density at radius 2 is 2.04 bits per heavy atom. The first kappa shape index (κ1) is 18.0. The van der Waals surface area contributed by atoms with Gasteiger partial charge in [-0.15, -0.1) is 0 Å². The molecule has 2 N–H and O–H groups in total. The normalized spacial score (nSPS) is 23.6. The number of aliphatic hydroxyl groups is 1. The van der Waals surface area contributed by atoms with Crippen LogP contribution in [0.4, 0.5) is 5.69 Å². The Kier molecular flexibility index (Phi) is 5.13. The van der Waals surface area contributed by atoms with Gasteiger partial charge in [0.1, 0.15) is 0 Å². The van der Waals surface area contributed by atoms with Crippen molar-refractivity contribution in [2.45, 2.75) is 25.0 Å². The molecule has 0 bridgehead atoms. The van der Waals surface area contributed by atoms with Crippen LogP contribution in [0.3, 0.4) is 0 Å². The monoisotopic (exact) mass is 370 g/mol. The van der Waals surface area contributed by atoms with E-state index >= 15 is 0 Å². The molecular weight excluding hydrogens is 344 g/mol. The quantitative estimate of drug-likeness (QED) is 0.834. The second kappa shape index (κ2) is 7.70. The highest BCUT2D eigenvalue weighted by Gasteiger charge is 2.36. The average molecular weight is 370 g/mol. The topological polar surface area (TPSA) is 79.6 Å². The van der Waals surface area contributed by atoms with Gasteiger partial charge in [-0.05, 0) is 30.9 Å². The van der Waals surface area contributed by atoms with Gasteiger partial charge in [0, 0.05) is 37.6 Å². The van der Waals surface area contributed by atoms with Crippen LogP contribution in [0.25, 0.3) is 0 Å². The summed E-state index contributed by atoms with van der Waals surface area (Å²) < 4.78 is 7.18. The smallest absolute Gasteiger partial charge is 0.253 e. The Balaban J connectivity index is 1.56. The molecule has 2 aromatic rings. The SMILES string of the molecule is Cn1cc([C@H](NC(=O)c2ccccc2N2CCOCC2)C2CC(O)C2)cn1. The van der Waals surface area contributed by atoms with Crippen molar-refractivity contribution in [3.63, 3.8) is 0 Å². The Morgan fingerprint density at radius 3 is 2.70 bits per heavy atom. The molecule has 1 aromatic carbocycles. The van der Waals surface area contributed by atoms with E-state index in [1.165, 1.54) is 0 Å². The number of hydrogen-bond acceptors (Lipinski definition) is 5. The Bertz CT molecular complexity index is 794. The highest BCUT2D eigenvalue weighted by molar-refractivity contribution is 6.00. The van der Waals surface area contributed by atoms with Gasteiger partial charge in [0.15, 0.2) is 0 Å². The van der Waals surface area contributed by atoms with E-state index in [1.807, 2.05) is 37.5 Å². The van der Waals surface area contributed by atoms with Gasteiger partial charge in [-0.1, -0.05) is 12.1 Å². The minimum absolute atomic E-state index is 0.0904. The van der Waals surface area contributed by atoms with E-state index in [0.29, 0.717) is 31.6 Å². The number of aliphatic hydroxyl groups excluding tert-OH is 1. The second-order valence-corrected chi connectivity index (χ2v) is 7.40. The fraction of sp³-hybridized carbons (Fsp3) is 0.500. The molecule has 1 aliphatic carbocycles. The molecule has 1 atom stereocenters. The lowest BCUT2D eigenvalue weighted by Gasteiger charge is -2.38. The molecule has 1 amide bonds. The van der Waals surface area contributed by atoms with Crippen molar-refractivity contribution in [1.82, 2.24) is 15.1 Å². The largest absolute Gasteiger partial charge is 0.393 e. The summed E-state index contributed by atoms with van der Waals surface area (Å²) in [6.45, 7) is 2.92. The predicted molar refractivity (Wildman–Crippen MR) is 102 cm³/mol. The highest BCUT2D eigenvalue weighted by atomic mass is 16.5. The molecule has 1 saturated carbocycles. The lowest BCUT2D eigenvalue weighted by Crippen LogP contribution is -2.42. The lowest BCUT2D eigenvalue weighted by molar-refractivity contribution is 0.0235. The number of rotatable bonds is 5. The van der Waals surface area contributed by atoms with Gasteiger partial charge in [0.05, 0.1) is 37.1 Å². The molecular formula is C20H26N4O3. The van der Waals surface area contributed by atoms with Crippen LogP contribution < -0.4 is 10.2 Å². The molecule has 144 valence electrons. The minimum atomic E-state index is -0.272. The van der Waals surface area contributed by atoms with Gasteiger partial charge in [0.25, 0.3) is 5.91 Å². The van der Waals surface area contributed by atoms with E-state index in [0.717, 1.165) is 24.3 Å². The van der Waals surface area contributed by atoms with E-state index in [4.69, 9.17) is 4.74 Å². The van der Waals surface area contributed by atoms with Crippen LogP contribution in [0.5, 0.6) is 0 Å². The van der Waals surface area contributed by atoms with Crippen LogP contribution in [-0.4, -0.2) is 53.2 Å². The predicted octanol–water partition coefficient (Wildman–Crippen LogP) is 1.50. The molecule has 7 nitrogen and oxygen atoms in total. The van der Waals surface area contributed by atoms with Crippen molar-refractivity contribution in [1.29, 1.82) is 0 Å². The molecule has 0 unspecified atom stereocenters. The Hall–Kier alpha value is -2.38. The van der Waals surface area contributed by atoms with E-state index in [1.54, 1.807) is 10.9 Å². The van der Waals surface area contributed by atoms with Gasteiger partial charge in [-0.3, -0.25) is 9.48 Å². The molecule has 1 aliphatic heterocycles. The average Bonchev–Trinajstić information content (AvgIpc) is 3.10. The molecule has 27 heavy (non-hydrogen) atoms. The summed E-state index contributed by atoms with van der Waals surface area (Å²) in [6.07, 6.45) is 4.86. The number of hydrogen-bond donors (Lipinski definition) is 2. The molecule has 0 radical (unpaired) electrons. The summed E-state index contributed by atoms with van der Waals surface area (Å²) in [6, 6.07) is 7.57. The number of carbonyl (C=O) groups is 1. The molecule has 0 spiro atoms. The van der Waals surface area contributed by atoms with Crippen LogP contribution in [-0.2, 0) is 11.8 Å². The van der Waals surface area contributed by atoms with E-state index in [9.17, 15) is 9.90 Å². The number of nitrogens with zero attached hydrogens (tertiary/aromatic N) is 3. The van der Waals surface area contributed by atoms with Crippen LogP contribution in [0.2, 0.25) is 0 Å². The van der Waals surface area contributed by atoms with Gasteiger partial charge in [0.2, 0.25) is 0 Å². The number of morpholine rings is 1. The number of aryl methyl sites for hydroxylation is 1. The standard InChI is InChI=1S/C20H26N4O3/c1-23-13-15(12-21-23)19(14-10-16(25)11-14)22-20(26)17-4-2-3-5-18(17)24-6-8-27-9-7-24/h2-5,12-14,16,19,25H,6-11H2,1H3,(H,22,26)/t14?,16?,19-/m1/s1. The molecule has 4 rings (SSSR count). The summed E-state index contributed by atoms with van der Waals surface area (Å²) in [5.74, 6) is 0.135. The third-order valence-corrected chi connectivity index (χ3v) is 5.49. The first-order chi connectivity index (χ1) is 13.1. The molecule has 7 heteroatoms. The Labute approximate surface area is 158 Å². The maximum absolute atomic E-state index is 13.2. The summed E-state index contributed by atoms with van der Waals surface area (Å²) in [7, 11) is 1.87. The minimum Gasteiger partial charge on any atom is -0.393 e. The number of ether oxygens (including phenoxy) is 1. The summed E-state index contributed by atoms with van der Waals surface area (Å²) in [5.41, 5.74) is 2.59.